The summed E-state index contributed by atoms with van der Waals surface area (Å²) in [6.07, 6.45) is -4.76. The topological polar surface area (TPSA) is 81.2 Å². The molecular weight excluding hydrogens is 289 g/mol. The van der Waals surface area contributed by atoms with E-state index in [1.165, 1.54) is 0 Å². The van der Waals surface area contributed by atoms with E-state index in [1.807, 2.05) is 5.32 Å². The number of rotatable bonds is 5. The fourth-order valence-corrected chi connectivity index (χ4v) is 1.31. The third-order valence-electron chi connectivity index (χ3n) is 2.36. The molecular formula is C10H10F5N3O2. The van der Waals surface area contributed by atoms with Crippen molar-refractivity contribution in [2.45, 2.75) is 12.1 Å². The average Bonchev–Trinajstić information content (AvgIpc) is 2.35. The standard InChI is InChI=1S/C10H10F5N3O2/c11-9(12,4-16)5-17-7-2-1-6(10(13,14)15)3-8(7)18(19)20/h1-3,17H,4-5,16H2. The van der Waals surface area contributed by atoms with Crippen LogP contribution in [-0.2, 0) is 6.18 Å². The Bertz CT molecular complexity index is 504. The van der Waals surface area contributed by atoms with Crippen LogP contribution in [0.5, 0.6) is 0 Å². The van der Waals surface area contributed by atoms with E-state index in [0.29, 0.717) is 6.07 Å². The van der Waals surface area contributed by atoms with E-state index in [0.717, 1.165) is 6.07 Å². The second-order valence-electron chi connectivity index (χ2n) is 3.90. The highest BCUT2D eigenvalue weighted by Gasteiger charge is 2.33. The summed E-state index contributed by atoms with van der Waals surface area (Å²) < 4.78 is 63.0. The molecule has 0 unspecified atom stereocenters. The summed E-state index contributed by atoms with van der Waals surface area (Å²) in [5.74, 6) is -3.32. The summed E-state index contributed by atoms with van der Waals surface area (Å²) in [7, 11) is 0. The number of nitrogens with two attached hydrogens (primary N) is 1. The molecule has 112 valence electrons. The van der Waals surface area contributed by atoms with E-state index in [1.54, 1.807) is 0 Å². The van der Waals surface area contributed by atoms with Crippen molar-refractivity contribution in [1.82, 2.24) is 0 Å². The van der Waals surface area contributed by atoms with Crippen molar-refractivity contribution in [2.24, 2.45) is 5.73 Å². The minimum absolute atomic E-state index is 0.281. The van der Waals surface area contributed by atoms with E-state index in [4.69, 9.17) is 5.73 Å². The highest BCUT2D eigenvalue weighted by Crippen LogP contribution is 2.35. The molecule has 0 aliphatic carbocycles. The molecule has 0 saturated carbocycles. The van der Waals surface area contributed by atoms with Crippen LogP contribution >= 0.6 is 0 Å². The minimum atomic E-state index is -4.76. The molecule has 0 aliphatic rings. The SMILES string of the molecule is NCC(F)(F)CNc1ccc(C(F)(F)F)cc1[N+](=O)[O-]. The van der Waals surface area contributed by atoms with Crippen molar-refractivity contribution in [3.8, 4) is 0 Å². The van der Waals surface area contributed by atoms with Crippen LogP contribution in [0.3, 0.4) is 0 Å². The van der Waals surface area contributed by atoms with Gasteiger partial charge in [-0.15, -0.1) is 0 Å². The Balaban J connectivity index is 3.06. The van der Waals surface area contributed by atoms with E-state index in [-0.39, 0.29) is 6.07 Å². The van der Waals surface area contributed by atoms with Crippen LogP contribution in [0.15, 0.2) is 18.2 Å². The summed E-state index contributed by atoms with van der Waals surface area (Å²) >= 11 is 0. The van der Waals surface area contributed by atoms with Gasteiger partial charge < -0.3 is 11.1 Å². The first-order chi connectivity index (χ1) is 9.07. The number of hydrogen-bond donors (Lipinski definition) is 2. The number of nitro benzene ring substituents is 1. The van der Waals surface area contributed by atoms with Crippen LogP contribution in [0.4, 0.5) is 33.3 Å². The van der Waals surface area contributed by atoms with Crippen LogP contribution in [0, 0.1) is 10.1 Å². The van der Waals surface area contributed by atoms with Gasteiger partial charge in [0.15, 0.2) is 0 Å². The Hall–Kier alpha value is -1.97. The molecule has 10 heteroatoms. The zero-order valence-electron chi connectivity index (χ0n) is 9.88. The summed E-state index contributed by atoms with van der Waals surface area (Å²) in [6, 6.07) is 1.58. The lowest BCUT2D eigenvalue weighted by molar-refractivity contribution is -0.384. The third kappa shape index (κ3) is 4.02. The number of nitrogens with zero attached hydrogens (tertiary/aromatic N) is 1. The number of anilines is 1. The lowest BCUT2D eigenvalue weighted by Crippen LogP contribution is -2.35. The summed E-state index contributed by atoms with van der Waals surface area (Å²) in [4.78, 5) is 9.60. The minimum Gasteiger partial charge on any atom is -0.373 e. The second kappa shape index (κ2) is 5.57. The second-order valence-corrected chi connectivity index (χ2v) is 3.90. The molecule has 5 nitrogen and oxygen atoms in total. The van der Waals surface area contributed by atoms with Crippen LogP contribution in [-0.4, -0.2) is 23.9 Å². The molecule has 0 saturated heterocycles. The first-order valence-corrected chi connectivity index (χ1v) is 5.24. The molecule has 0 aromatic heterocycles. The number of halogens is 5. The molecule has 1 aromatic carbocycles. The molecule has 1 aromatic rings. The summed E-state index contributed by atoms with van der Waals surface area (Å²) in [5, 5.41) is 12.7. The third-order valence-corrected chi connectivity index (χ3v) is 2.36. The van der Waals surface area contributed by atoms with E-state index in [9.17, 15) is 32.1 Å². The van der Waals surface area contributed by atoms with Gasteiger partial charge in [0, 0.05) is 6.07 Å². The number of benzene rings is 1. The van der Waals surface area contributed by atoms with Gasteiger partial charge in [0.2, 0.25) is 0 Å². The molecule has 0 heterocycles. The van der Waals surface area contributed by atoms with E-state index in [2.05, 4.69) is 0 Å². The van der Waals surface area contributed by atoms with Gasteiger partial charge in [0.05, 0.1) is 23.6 Å². The zero-order valence-corrected chi connectivity index (χ0v) is 9.88. The fraction of sp³-hybridized carbons (Fsp3) is 0.400. The molecule has 0 spiro atoms. The Morgan fingerprint density at radius 3 is 2.30 bits per heavy atom. The quantitative estimate of drug-likeness (QED) is 0.497. The molecule has 0 fully saturated rings. The lowest BCUT2D eigenvalue weighted by atomic mass is 10.1. The van der Waals surface area contributed by atoms with E-state index >= 15 is 0 Å². The first kappa shape index (κ1) is 16.1. The maximum Gasteiger partial charge on any atom is 0.416 e. The van der Waals surface area contributed by atoms with Gasteiger partial charge in [0.1, 0.15) is 5.69 Å². The Morgan fingerprint density at radius 1 is 1.25 bits per heavy atom. The maximum atomic E-state index is 12.9. The summed E-state index contributed by atoms with van der Waals surface area (Å²) in [5.41, 5.74) is 2.17. The molecule has 3 N–H and O–H groups in total. The number of alkyl halides is 5. The molecule has 0 radical (unpaired) electrons. The zero-order chi connectivity index (χ0) is 15.6. The van der Waals surface area contributed by atoms with Crippen molar-refractivity contribution in [2.75, 3.05) is 18.4 Å². The van der Waals surface area contributed by atoms with Crippen molar-refractivity contribution >= 4 is 11.4 Å². The largest absolute Gasteiger partial charge is 0.416 e. The predicted octanol–water partition coefficient (Wildman–Crippen LogP) is 2.62. The van der Waals surface area contributed by atoms with Gasteiger partial charge in [-0.1, -0.05) is 0 Å². The van der Waals surface area contributed by atoms with Gasteiger partial charge in [-0.05, 0) is 12.1 Å². The highest BCUT2D eigenvalue weighted by atomic mass is 19.4. The number of nitrogens with one attached hydrogen (secondary N) is 1. The molecule has 0 bridgehead atoms. The lowest BCUT2D eigenvalue weighted by Gasteiger charge is -2.16. The Kier molecular flexibility index (Phi) is 4.48. The van der Waals surface area contributed by atoms with E-state index < -0.39 is 47.0 Å². The molecule has 1 rings (SSSR count). The van der Waals surface area contributed by atoms with Crippen LogP contribution in [0.2, 0.25) is 0 Å². The van der Waals surface area contributed by atoms with Crippen molar-refractivity contribution < 1.29 is 26.9 Å². The van der Waals surface area contributed by atoms with Crippen LogP contribution in [0.1, 0.15) is 5.56 Å². The van der Waals surface area contributed by atoms with Gasteiger partial charge in [-0.25, -0.2) is 8.78 Å². The molecule has 0 amide bonds. The maximum absolute atomic E-state index is 12.9. The predicted molar refractivity (Wildman–Crippen MR) is 60.6 cm³/mol. The highest BCUT2D eigenvalue weighted by molar-refractivity contribution is 5.63. The Labute approximate surface area is 109 Å². The molecule has 20 heavy (non-hydrogen) atoms. The van der Waals surface area contributed by atoms with Gasteiger partial charge in [-0.3, -0.25) is 10.1 Å². The van der Waals surface area contributed by atoms with Crippen molar-refractivity contribution in [1.29, 1.82) is 0 Å². The smallest absolute Gasteiger partial charge is 0.373 e. The molecule has 0 atom stereocenters. The van der Waals surface area contributed by atoms with Crippen molar-refractivity contribution in [3.05, 3.63) is 33.9 Å². The van der Waals surface area contributed by atoms with Crippen LogP contribution < -0.4 is 11.1 Å². The van der Waals surface area contributed by atoms with Gasteiger partial charge >= 0.3 is 6.18 Å². The monoisotopic (exact) mass is 299 g/mol. The van der Waals surface area contributed by atoms with Crippen LogP contribution in [0.25, 0.3) is 0 Å². The van der Waals surface area contributed by atoms with Gasteiger partial charge in [-0.2, -0.15) is 13.2 Å². The Morgan fingerprint density at radius 2 is 1.85 bits per heavy atom. The fourth-order valence-electron chi connectivity index (χ4n) is 1.31. The number of nitro groups is 1. The first-order valence-electron chi connectivity index (χ1n) is 5.24. The van der Waals surface area contributed by atoms with Crippen molar-refractivity contribution in [3.63, 3.8) is 0 Å². The average molecular weight is 299 g/mol. The van der Waals surface area contributed by atoms with Gasteiger partial charge in [0.25, 0.3) is 11.6 Å². The number of hydrogen-bond acceptors (Lipinski definition) is 4. The summed E-state index contributed by atoms with van der Waals surface area (Å²) in [6.45, 7) is -2.01. The molecule has 0 aliphatic heterocycles. The normalized spacial score (nSPS) is 12.3.